The van der Waals surface area contributed by atoms with Gasteiger partial charge in [-0.25, -0.2) is 9.67 Å². The number of aryl methyl sites for hydroxylation is 3. The van der Waals surface area contributed by atoms with E-state index >= 15 is 0 Å². The van der Waals surface area contributed by atoms with Crippen LogP contribution < -0.4 is 0 Å². The Kier molecular flexibility index (Phi) is 4.02. The quantitative estimate of drug-likeness (QED) is 0.791. The fourth-order valence-corrected chi connectivity index (χ4v) is 2.17. The van der Waals surface area contributed by atoms with Crippen molar-refractivity contribution in [3.8, 4) is 5.69 Å². The number of hydrogen-bond donors (Lipinski definition) is 0. The van der Waals surface area contributed by atoms with Gasteiger partial charge in [-0.1, -0.05) is 26.0 Å². The van der Waals surface area contributed by atoms with Crippen molar-refractivity contribution < 1.29 is 0 Å². The van der Waals surface area contributed by atoms with Crippen LogP contribution in [0.1, 0.15) is 36.6 Å². The normalized spacial score (nSPS) is 10.9. The summed E-state index contributed by atoms with van der Waals surface area (Å²) < 4.78 is 1.95. The highest BCUT2D eigenvalue weighted by Gasteiger charge is 2.11. The fourth-order valence-electron chi connectivity index (χ4n) is 2.00. The lowest BCUT2D eigenvalue weighted by Gasteiger charge is -2.09. The Morgan fingerprint density at radius 2 is 2.00 bits per heavy atom. The number of halogens is 1. The van der Waals surface area contributed by atoms with Crippen molar-refractivity contribution in [2.75, 3.05) is 0 Å². The Bertz CT molecular complexity index is 546. The molecule has 0 saturated carbocycles. The number of nitrogens with zero attached hydrogens (tertiary/aromatic N) is 3. The average molecular weight is 264 g/mol. The average Bonchev–Trinajstić information content (AvgIpc) is 2.81. The van der Waals surface area contributed by atoms with Gasteiger partial charge in [0, 0.05) is 18.7 Å². The maximum Gasteiger partial charge on any atom is 0.151 e. The van der Waals surface area contributed by atoms with Crippen LogP contribution in [0.25, 0.3) is 5.69 Å². The first-order valence-corrected chi connectivity index (χ1v) is 6.83. The summed E-state index contributed by atoms with van der Waals surface area (Å²) in [6.45, 7) is 6.25. The van der Waals surface area contributed by atoms with Gasteiger partial charge in [0.15, 0.2) is 5.82 Å². The number of aromatic nitrogens is 3. The maximum atomic E-state index is 5.85. The summed E-state index contributed by atoms with van der Waals surface area (Å²) in [5.41, 5.74) is 3.40. The van der Waals surface area contributed by atoms with Crippen LogP contribution in [0.3, 0.4) is 0 Å². The van der Waals surface area contributed by atoms with Gasteiger partial charge in [0.05, 0.1) is 5.69 Å². The fraction of sp³-hybridized carbons (Fsp3) is 0.429. The van der Waals surface area contributed by atoms with Gasteiger partial charge in [0.25, 0.3) is 0 Å². The van der Waals surface area contributed by atoms with E-state index in [1.807, 2.05) is 10.7 Å². The SMILES string of the molecule is CCc1nc(CC)n(-c2ccc(CCl)cc2C)n1. The minimum atomic E-state index is 0.541. The molecule has 0 aliphatic rings. The van der Waals surface area contributed by atoms with Gasteiger partial charge < -0.3 is 0 Å². The van der Waals surface area contributed by atoms with Gasteiger partial charge in [-0.15, -0.1) is 11.6 Å². The van der Waals surface area contributed by atoms with Crippen LogP contribution in [0, 0.1) is 6.92 Å². The summed E-state index contributed by atoms with van der Waals surface area (Å²) in [5, 5.41) is 4.56. The summed E-state index contributed by atoms with van der Waals surface area (Å²) in [6, 6.07) is 6.22. The molecule has 0 aliphatic carbocycles. The third-order valence-electron chi connectivity index (χ3n) is 2.99. The van der Waals surface area contributed by atoms with Crippen molar-refractivity contribution in [2.24, 2.45) is 0 Å². The van der Waals surface area contributed by atoms with Crippen molar-refractivity contribution in [3.63, 3.8) is 0 Å². The molecule has 0 amide bonds. The zero-order valence-corrected chi connectivity index (χ0v) is 11.8. The summed E-state index contributed by atoms with van der Waals surface area (Å²) in [7, 11) is 0. The monoisotopic (exact) mass is 263 g/mol. The molecule has 0 bridgehead atoms. The molecule has 2 rings (SSSR count). The Hall–Kier alpha value is -1.35. The number of alkyl halides is 1. The molecule has 4 heteroatoms. The first kappa shape index (κ1) is 13.1. The topological polar surface area (TPSA) is 30.7 Å². The third kappa shape index (κ3) is 2.41. The van der Waals surface area contributed by atoms with Crippen molar-refractivity contribution in [2.45, 2.75) is 39.5 Å². The van der Waals surface area contributed by atoms with Crippen LogP contribution in [0.15, 0.2) is 18.2 Å². The van der Waals surface area contributed by atoms with Crippen LogP contribution in [0.5, 0.6) is 0 Å². The summed E-state index contributed by atoms with van der Waals surface area (Å²) in [6.07, 6.45) is 1.74. The van der Waals surface area contributed by atoms with Crippen molar-refractivity contribution >= 4 is 11.6 Å². The number of hydrogen-bond acceptors (Lipinski definition) is 2. The molecule has 1 aromatic heterocycles. The lowest BCUT2D eigenvalue weighted by molar-refractivity contribution is 0.786. The highest BCUT2D eigenvalue weighted by atomic mass is 35.5. The molecule has 2 aromatic rings. The molecule has 18 heavy (non-hydrogen) atoms. The van der Waals surface area contributed by atoms with E-state index in [1.165, 1.54) is 5.56 Å². The van der Waals surface area contributed by atoms with E-state index in [4.69, 9.17) is 11.6 Å². The molecule has 0 aliphatic heterocycles. The zero-order valence-electron chi connectivity index (χ0n) is 11.1. The largest absolute Gasteiger partial charge is 0.217 e. The van der Waals surface area contributed by atoms with Gasteiger partial charge >= 0.3 is 0 Å². The van der Waals surface area contributed by atoms with E-state index < -0.39 is 0 Å². The standard InChI is InChI=1S/C14H18ClN3/c1-4-13-16-14(5-2)18(17-13)12-7-6-11(9-15)8-10(12)3/h6-8H,4-5,9H2,1-3H3. The summed E-state index contributed by atoms with van der Waals surface area (Å²) >= 11 is 5.85. The molecule has 0 N–H and O–H groups in total. The highest BCUT2D eigenvalue weighted by Crippen LogP contribution is 2.18. The third-order valence-corrected chi connectivity index (χ3v) is 3.30. The molecule has 0 spiro atoms. The van der Waals surface area contributed by atoms with Gasteiger partial charge in [-0.2, -0.15) is 5.10 Å². The molecular weight excluding hydrogens is 246 g/mol. The Morgan fingerprint density at radius 1 is 1.22 bits per heavy atom. The van der Waals surface area contributed by atoms with Crippen molar-refractivity contribution in [1.82, 2.24) is 14.8 Å². The molecule has 0 radical (unpaired) electrons. The second kappa shape index (κ2) is 5.53. The number of benzene rings is 1. The minimum absolute atomic E-state index is 0.541. The van der Waals surface area contributed by atoms with Crippen LogP contribution in [-0.2, 0) is 18.7 Å². The molecule has 1 aromatic carbocycles. The smallest absolute Gasteiger partial charge is 0.151 e. The van der Waals surface area contributed by atoms with Crippen LogP contribution in [-0.4, -0.2) is 14.8 Å². The Morgan fingerprint density at radius 3 is 2.56 bits per heavy atom. The lowest BCUT2D eigenvalue weighted by Crippen LogP contribution is -2.04. The molecule has 3 nitrogen and oxygen atoms in total. The molecule has 0 atom stereocenters. The van der Waals surface area contributed by atoms with Crippen molar-refractivity contribution in [1.29, 1.82) is 0 Å². The van der Waals surface area contributed by atoms with E-state index in [9.17, 15) is 0 Å². The van der Waals surface area contributed by atoms with E-state index in [-0.39, 0.29) is 0 Å². The zero-order chi connectivity index (χ0) is 13.1. The molecule has 0 saturated heterocycles. The van der Waals surface area contributed by atoms with Crippen molar-refractivity contribution in [3.05, 3.63) is 41.0 Å². The first-order chi connectivity index (χ1) is 8.69. The molecule has 0 fully saturated rings. The van der Waals surface area contributed by atoms with Crippen LogP contribution in [0.2, 0.25) is 0 Å². The van der Waals surface area contributed by atoms with E-state index in [2.05, 4.69) is 43.0 Å². The first-order valence-electron chi connectivity index (χ1n) is 6.30. The summed E-state index contributed by atoms with van der Waals surface area (Å²) in [4.78, 5) is 4.53. The molecule has 96 valence electrons. The van der Waals surface area contributed by atoms with Gasteiger partial charge in [0.1, 0.15) is 5.82 Å². The molecular formula is C14H18ClN3. The van der Waals surface area contributed by atoms with Crippen LogP contribution >= 0.6 is 11.6 Å². The Labute approximate surface area is 113 Å². The van der Waals surface area contributed by atoms with Gasteiger partial charge in [0.2, 0.25) is 0 Å². The van der Waals surface area contributed by atoms with Gasteiger partial charge in [-0.05, 0) is 24.1 Å². The lowest BCUT2D eigenvalue weighted by atomic mass is 10.1. The minimum Gasteiger partial charge on any atom is -0.217 e. The Balaban J connectivity index is 2.50. The highest BCUT2D eigenvalue weighted by molar-refractivity contribution is 6.17. The van der Waals surface area contributed by atoms with Gasteiger partial charge in [-0.3, -0.25) is 0 Å². The van der Waals surface area contributed by atoms with E-state index in [1.54, 1.807) is 0 Å². The predicted octanol–water partition coefficient (Wildman–Crippen LogP) is 3.44. The predicted molar refractivity (Wildman–Crippen MR) is 74.4 cm³/mol. The second-order valence-corrected chi connectivity index (χ2v) is 4.58. The maximum absolute atomic E-state index is 5.85. The van der Waals surface area contributed by atoms with E-state index in [0.717, 1.165) is 35.7 Å². The number of rotatable bonds is 4. The molecule has 1 heterocycles. The van der Waals surface area contributed by atoms with E-state index in [0.29, 0.717) is 5.88 Å². The van der Waals surface area contributed by atoms with Crippen LogP contribution in [0.4, 0.5) is 0 Å². The summed E-state index contributed by atoms with van der Waals surface area (Å²) in [5.74, 6) is 2.44. The molecule has 0 unspecified atom stereocenters. The second-order valence-electron chi connectivity index (χ2n) is 4.32.